The lowest BCUT2D eigenvalue weighted by atomic mass is 10.0. The maximum Gasteiger partial charge on any atom is 0.472 e. The van der Waals surface area contributed by atoms with Crippen LogP contribution in [0.3, 0.4) is 0 Å². The molecule has 12 heteroatoms. The number of phosphoric ester groups is 1. The third-order valence-corrected chi connectivity index (χ3v) is 10.8. The first-order valence-corrected chi connectivity index (χ1v) is 24.9. The van der Waals surface area contributed by atoms with Gasteiger partial charge in [-0.2, -0.15) is 0 Å². The topological polar surface area (TPSA) is 166 Å². The average Bonchev–Trinajstić information content (AvgIpc) is 3.22. The van der Waals surface area contributed by atoms with Crippen LogP contribution < -0.4 is 0 Å². The lowest BCUT2D eigenvalue weighted by Gasteiger charge is -2.20. The molecule has 0 amide bonds. The van der Waals surface area contributed by atoms with Crippen LogP contribution in [0.1, 0.15) is 194 Å². The standard InChI is InChI=1S/C48H85O11P/c1-4-5-29-35-44(50)36-31-26-22-18-14-12-16-20-24-28-33-38-48(53)59-46(42-58-60(54,55)57-40-45(51)39-49)41-56-47(52)37-32-27-23-19-15-11-9-7-6-8-10-13-17-21-25-30-34-43(2)3/h12,14,20,22,24,26,31,36,43,45-46,49,51H,4-11,13,15-19,21,23,25,27-30,32-35,37-42H2,1-3H3,(H,54,55)/b14-12-,24-20-,26-22-,36-31+/t45-,46+/m0/s1. The van der Waals surface area contributed by atoms with E-state index >= 15 is 0 Å². The minimum absolute atomic E-state index is 0.0822. The molecule has 11 nitrogen and oxygen atoms in total. The number of hydrogen-bond acceptors (Lipinski definition) is 10. The van der Waals surface area contributed by atoms with Crippen molar-refractivity contribution in [3.8, 4) is 0 Å². The quantitative estimate of drug-likeness (QED) is 0.0133. The summed E-state index contributed by atoms with van der Waals surface area (Å²) >= 11 is 0. The molecule has 0 aromatic carbocycles. The summed E-state index contributed by atoms with van der Waals surface area (Å²) in [4.78, 5) is 46.8. The Hall–Kier alpha value is -2.40. The highest BCUT2D eigenvalue weighted by atomic mass is 31.2. The predicted molar refractivity (Wildman–Crippen MR) is 242 cm³/mol. The van der Waals surface area contributed by atoms with Crippen LogP contribution in [0, 0.1) is 5.92 Å². The second-order valence-corrected chi connectivity index (χ2v) is 17.8. The van der Waals surface area contributed by atoms with Crippen molar-refractivity contribution in [2.24, 2.45) is 5.92 Å². The van der Waals surface area contributed by atoms with Gasteiger partial charge in [0, 0.05) is 19.3 Å². The van der Waals surface area contributed by atoms with Gasteiger partial charge in [0.15, 0.2) is 11.9 Å². The highest BCUT2D eigenvalue weighted by Crippen LogP contribution is 2.43. The fourth-order valence-electron chi connectivity index (χ4n) is 6.24. The monoisotopic (exact) mass is 869 g/mol. The van der Waals surface area contributed by atoms with Gasteiger partial charge >= 0.3 is 19.8 Å². The number of carbonyl (C=O) groups is 3. The third kappa shape index (κ3) is 42.3. The molecule has 0 heterocycles. The fourth-order valence-corrected chi connectivity index (χ4v) is 7.03. The van der Waals surface area contributed by atoms with Crippen molar-refractivity contribution in [3.63, 3.8) is 0 Å². The molecular formula is C48H85O11P. The summed E-state index contributed by atoms with van der Waals surface area (Å²) in [5, 5.41) is 18.4. The first-order chi connectivity index (χ1) is 29.0. The molecule has 0 fully saturated rings. The maximum atomic E-state index is 12.6. The normalized spacial score (nSPS) is 14.2. The summed E-state index contributed by atoms with van der Waals surface area (Å²) in [5.74, 6) is -0.0355. The van der Waals surface area contributed by atoms with Crippen molar-refractivity contribution >= 4 is 25.5 Å². The second kappa shape index (κ2) is 41.9. The van der Waals surface area contributed by atoms with Crippen LogP contribution in [0.4, 0.5) is 0 Å². The van der Waals surface area contributed by atoms with E-state index in [-0.39, 0.29) is 25.2 Å². The van der Waals surface area contributed by atoms with Gasteiger partial charge in [-0.1, -0.05) is 179 Å². The molecule has 0 aliphatic rings. The molecular weight excluding hydrogens is 783 g/mol. The lowest BCUT2D eigenvalue weighted by molar-refractivity contribution is -0.161. The number of phosphoric acid groups is 1. The van der Waals surface area contributed by atoms with Gasteiger partial charge in [0.05, 0.1) is 19.8 Å². The number of rotatable bonds is 43. The first-order valence-electron chi connectivity index (χ1n) is 23.4. The molecule has 0 aromatic rings. The number of aliphatic hydroxyl groups excluding tert-OH is 2. The van der Waals surface area contributed by atoms with E-state index in [1.165, 1.54) is 83.5 Å². The van der Waals surface area contributed by atoms with Crippen LogP contribution in [-0.4, -0.2) is 71.5 Å². The molecule has 1 unspecified atom stereocenters. The van der Waals surface area contributed by atoms with Gasteiger partial charge in [0.2, 0.25) is 0 Å². The number of unbranched alkanes of at least 4 members (excludes halogenated alkanes) is 18. The van der Waals surface area contributed by atoms with E-state index in [9.17, 15) is 28.9 Å². The number of allylic oxidation sites excluding steroid dienone is 8. The van der Waals surface area contributed by atoms with E-state index in [2.05, 4.69) is 25.3 Å². The second-order valence-electron chi connectivity index (χ2n) is 16.3. The molecule has 0 saturated heterocycles. The van der Waals surface area contributed by atoms with Crippen LogP contribution in [0.5, 0.6) is 0 Å². The van der Waals surface area contributed by atoms with Crippen molar-refractivity contribution in [2.75, 3.05) is 26.4 Å². The Morgan fingerprint density at radius 1 is 0.600 bits per heavy atom. The molecule has 0 aliphatic heterocycles. The number of ether oxygens (including phenoxy) is 2. The molecule has 60 heavy (non-hydrogen) atoms. The van der Waals surface area contributed by atoms with Gasteiger partial charge in [-0.05, 0) is 50.5 Å². The minimum Gasteiger partial charge on any atom is -0.462 e. The number of carbonyl (C=O) groups excluding carboxylic acids is 3. The molecule has 348 valence electrons. The van der Waals surface area contributed by atoms with Crippen molar-refractivity contribution in [1.82, 2.24) is 0 Å². The van der Waals surface area contributed by atoms with Gasteiger partial charge in [-0.25, -0.2) is 4.57 Å². The van der Waals surface area contributed by atoms with E-state index in [0.29, 0.717) is 25.7 Å². The number of ketones is 1. The summed E-state index contributed by atoms with van der Waals surface area (Å²) in [6, 6.07) is 0. The van der Waals surface area contributed by atoms with E-state index in [0.717, 1.165) is 57.3 Å². The third-order valence-electron chi connectivity index (χ3n) is 9.89. The SMILES string of the molecule is CCCCCC(=O)/C=C/C=C\C/C=C\C/C=C\CCCC(=O)O[C@H](COC(=O)CCCCCCCCCCCCCCCCCCC(C)C)COP(=O)(O)OC[C@@H](O)CO. The first kappa shape index (κ1) is 57.6. The summed E-state index contributed by atoms with van der Waals surface area (Å²) in [6.45, 7) is 4.49. The summed E-state index contributed by atoms with van der Waals surface area (Å²) in [7, 11) is -4.65. The zero-order chi connectivity index (χ0) is 44.4. The molecule has 3 N–H and O–H groups in total. The fraction of sp³-hybridized carbons (Fsp3) is 0.771. The Balaban J connectivity index is 4.35. The Morgan fingerprint density at radius 3 is 1.70 bits per heavy atom. The molecule has 0 radical (unpaired) electrons. The predicted octanol–water partition coefficient (Wildman–Crippen LogP) is 11.9. The highest BCUT2D eigenvalue weighted by Gasteiger charge is 2.27. The van der Waals surface area contributed by atoms with Crippen LogP contribution >= 0.6 is 7.82 Å². The molecule has 3 atom stereocenters. The van der Waals surface area contributed by atoms with Crippen LogP contribution in [0.2, 0.25) is 0 Å². The average molecular weight is 869 g/mol. The highest BCUT2D eigenvalue weighted by molar-refractivity contribution is 7.47. The van der Waals surface area contributed by atoms with Crippen LogP contribution in [0.25, 0.3) is 0 Å². The molecule has 0 bridgehead atoms. The number of esters is 2. The smallest absolute Gasteiger partial charge is 0.462 e. The van der Waals surface area contributed by atoms with E-state index in [4.69, 9.17) is 19.1 Å². The zero-order valence-corrected chi connectivity index (χ0v) is 38.7. The largest absolute Gasteiger partial charge is 0.472 e. The molecule has 0 aliphatic carbocycles. The van der Waals surface area contributed by atoms with Crippen molar-refractivity contribution in [1.29, 1.82) is 0 Å². The molecule has 0 rings (SSSR count). The Bertz CT molecular complexity index is 1210. The zero-order valence-electron chi connectivity index (χ0n) is 37.8. The minimum atomic E-state index is -4.65. The number of aliphatic hydroxyl groups is 2. The summed E-state index contributed by atoms with van der Waals surface area (Å²) < 4.78 is 32.7. The van der Waals surface area contributed by atoms with Gasteiger partial charge in [0.1, 0.15) is 12.7 Å². The maximum absolute atomic E-state index is 12.6. The summed E-state index contributed by atoms with van der Waals surface area (Å²) in [6.07, 6.45) is 40.7. The Morgan fingerprint density at radius 2 is 1.12 bits per heavy atom. The van der Waals surface area contributed by atoms with Crippen LogP contribution in [-0.2, 0) is 37.5 Å². The Labute approximate surface area is 364 Å². The van der Waals surface area contributed by atoms with Gasteiger partial charge in [0.25, 0.3) is 0 Å². The van der Waals surface area contributed by atoms with Crippen molar-refractivity contribution < 1.29 is 52.6 Å². The molecule has 0 spiro atoms. The van der Waals surface area contributed by atoms with Gasteiger partial charge < -0.3 is 24.6 Å². The number of hydrogen-bond donors (Lipinski definition) is 3. The van der Waals surface area contributed by atoms with Crippen LogP contribution in [0.15, 0.2) is 48.6 Å². The molecule has 0 saturated carbocycles. The van der Waals surface area contributed by atoms with E-state index < -0.39 is 51.8 Å². The Kier molecular flexibility index (Phi) is 40.3. The lowest BCUT2D eigenvalue weighted by Crippen LogP contribution is -2.29. The summed E-state index contributed by atoms with van der Waals surface area (Å²) in [5.41, 5.74) is 0. The van der Waals surface area contributed by atoms with Crippen molar-refractivity contribution in [2.45, 2.75) is 206 Å². The van der Waals surface area contributed by atoms with E-state index in [1.807, 2.05) is 36.5 Å². The van der Waals surface area contributed by atoms with Gasteiger partial charge in [-0.3, -0.25) is 23.4 Å². The van der Waals surface area contributed by atoms with Gasteiger partial charge in [-0.15, -0.1) is 0 Å². The van der Waals surface area contributed by atoms with E-state index in [1.54, 1.807) is 12.2 Å². The molecule has 0 aromatic heterocycles. The van der Waals surface area contributed by atoms with Crippen molar-refractivity contribution in [3.05, 3.63) is 48.6 Å².